The Hall–Kier alpha value is -2.14. The monoisotopic (exact) mass is 260 g/mol. The molecule has 3 rings (SSSR count). The van der Waals surface area contributed by atoms with Gasteiger partial charge in [-0.15, -0.1) is 0 Å². The van der Waals surface area contributed by atoms with Crippen LogP contribution in [0.1, 0.15) is 11.6 Å². The Bertz CT molecular complexity index is 683. The van der Waals surface area contributed by atoms with E-state index in [1.54, 1.807) is 18.3 Å². The molecule has 0 spiro atoms. The first-order valence-corrected chi connectivity index (χ1v) is 5.72. The lowest BCUT2D eigenvalue weighted by molar-refractivity contribution is 0.250. The van der Waals surface area contributed by atoms with E-state index in [1.807, 2.05) is 12.1 Å². The Balaban J connectivity index is 2.22. The molecule has 0 bridgehead atoms. The molecule has 2 aromatic rings. The van der Waals surface area contributed by atoms with E-state index < -0.39 is 12.1 Å². The van der Waals surface area contributed by atoms with E-state index in [0.717, 1.165) is 16.5 Å². The van der Waals surface area contributed by atoms with Crippen molar-refractivity contribution < 1.29 is 4.79 Å². The average molecular weight is 261 g/mol. The highest BCUT2D eigenvalue weighted by Gasteiger charge is 2.27. The second kappa shape index (κ2) is 3.96. The molecule has 0 radical (unpaired) electrons. The highest BCUT2D eigenvalue weighted by Crippen LogP contribution is 2.29. The van der Waals surface area contributed by atoms with Crippen molar-refractivity contribution in [2.75, 3.05) is 0 Å². The number of hydrogen-bond acceptors (Lipinski definition) is 3. The fraction of sp³-hybridized carbons (Fsp3) is 0.0833. The molecule has 1 aromatic heterocycles. The number of aromatic nitrogens is 1. The number of nitrogens with two attached hydrogens (primary N) is 1. The van der Waals surface area contributed by atoms with Crippen LogP contribution in [0.25, 0.3) is 10.9 Å². The number of pyridine rings is 1. The van der Waals surface area contributed by atoms with E-state index in [4.69, 9.17) is 17.3 Å². The summed E-state index contributed by atoms with van der Waals surface area (Å²) in [5.41, 5.74) is 7.25. The second-order valence-electron chi connectivity index (χ2n) is 3.96. The summed E-state index contributed by atoms with van der Waals surface area (Å²) < 4.78 is 0. The summed E-state index contributed by atoms with van der Waals surface area (Å²) in [7, 11) is 0. The van der Waals surface area contributed by atoms with Crippen LogP contribution < -0.4 is 11.1 Å². The number of fused-ring (bicyclic) bond motifs is 1. The Kier molecular flexibility index (Phi) is 2.41. The number of hydrogen-bond donors (Lipinski definition) is 2. The molecular formula is C12H9ClN4O. The predicted molar refractivity (Wildman–Crippen MR) is 69.6 cm³/mol. The van der Waals surface area contributed by atoms with Crippen LogP contribution in [0.3, 0.4) is 0 Å². The van der Waals surface area contributed by atoms with Crippen LogP contribution in [-0.4, -0.2) is 16.9 Å². The van der Waals surface area contributed by atoms with Crippen LogP contribution in [0, 0.1) is 0 Å². The molecular weight excluding hydrogens is 252 g/mol. The maximum atomic E-state index is 11.2. The van der Waals surface area contributed by atoms with Crippen LogP contribution in [-0.2, 0) is 0 Å². The number of nitrogens with zero attached hydrogens (tertiary/aromatic N) is 2. The number of urea groups is 1. The third kappa shape index (κ3) is 1.60. The molecule has 1 atom stereocenters. The number of aliphatic imine (C=N–C) groups is 1. The van der Waals surface area contributed by atoms with Gasteiger partial charge in [0.15, 0.2) is 0 Å². The topological polar surface area (TPSA) is 80.4 Å². The zero-order chi connectivity index (χ0) is 12.7. The van der Waals surface area contributed by atoms with Gasteiger partial charge in [-0.3, -0.25) is 4.98 Å². The molecule has 0 saturated carbocycles. The Morgan fingerprint density at radius 1 is 1.33 bits per heavy atom. The van der Waals surface area contributed by atoms with Crippen molar-refractivity contribution >= 4 is 34.4 Å². The molecule has 0 saturated heterocycles. The highest BCUT2D eigenvalue weighted by atomic mass is 35.5. The molecule has 5 nitrogen and oxygen atoms in total. The first kappa shape index (κ1) is 11.0. The smallest absolute Gasteiger partial charge is 0.343 e. The first-order valence-electron chi connectivity index (χ1n) is 5.34. The third-order valence-corrected chi connectivity index (χ3v) is 3.18. The number of nitrogens with one attached hydrogen (secondary N) is 1. The second-order valence-corrected chi connectivity index (χ2v) is 4.36. The Labute approximate surface area is 108 Å². The molecule has 0 fully saturated rings. The van der Waals surface area contributed by atoms with Crippen LogP contribution in [0.15, 0.2) is 35.5 Å². The number of halogens is 1. The minimum Gasteiger partial charge on any atom is -0.385 e. The van der Waals surface area contributed by atoms with E-state index in [0.29, 0.717) is 5.02 Å². The van der Waals surface area contributed by atoms with Gasteiger partial charge in [0.25, 0.3) is 0 Å². The Morgan fingerprint density at radius 3 is 2.89 bits per heavy atom. The lowest BCUT2D eigenvalue weighted by Crippen LogP contribution is -2.28. The normalized spacial score (nSPS) is 18.8. The molecule has 1 aromatic carbocycles. The number of amides is 2. The van der Waals surface area contributed by atoms with Crippen LogP contribution in [0.4, 0.5) is 4.79 Å². The largest absolute Gasteiger partial charge is 0.385 e. The third-order valence-electron chi connectivity index (χ3n) is 2.85. The van der Waals surface area contributed by atoms with Gasteiger partial charge in [-0.25, -0.2) is 4.79 Å². The van der Waals surface area contributed by atoms with Crippen molar-refractivity contribution in [1.82, 2.24) is 10.3 Å². The van der Waals surface area contributed by atoms with Gasteiger partial charge in [-0.05, 0) is 18.2 Å². The van der Waals surface area contributed by atoms with Gasteiger partial charge < -0.3 is 11.1 Å². The minimum absolute atomic E-state index is 0.245. The van der Waals surface area contributed by atoms with Crippen molar-refractivity contribution in [2.24, 2.45) is 10.7 Å². The molecule has 0 aliphatic carbocycles. The summed E-state index contributed by atoms with van der Waals surface area (Å²) in [5, 5.41) is 4.12. The summed E-state index contributed by atoms with van der Waals surface area (Å²) in [6.45, 7) is 0. The van der Waals surface area contributed by atoms with Gasteiger partial charge in [0.1, 0.15) is 11.9 Å². The first-order chi connectivity index (χ1) is 8.66. The maximum Gasteiger partial charge on any atom is 0.343 e. The number of rotatable bonds is 1. The van der Waals surface area contributed by atoms with E-state index in [-0.39, 0.29) is 5.84 Å². The van der Waals surface area contributed by atoms with Crippen molar-refractivity contribution in [3.05, 3.63) is 41.0 Å². The quantitative estimate of drug-likeness (QED) is 0.823. The number of carbonyl (C=O) groups is 1. The van der Waals surface area contributed by atoms with Crippen LogP contribution in [0.2, 0.25) is 5.02 Å². The molecule has 18 heavy (non-hydrogen) atoms. The van der Waals surface area contributed by atoms with E-state index in [2.05, 4.69) is 15.3 Å². The summed E-state index contributed by atoms with van der Waals surface area (Å²) in [6.07, 6.45) is 1.67. The number of carbonyl (C=O) groups excluding carboxylic acids is 1. The van der Waals surface area contributed by atoms with Gasteiger partial charge >= 0.3 is 6.03 Å². The van der Waals surface area contributed by atoms with E-state index in [9.17, 15) is 4.79 Å². The molecule has 1 aliphatic rings. The fourth-order valence-electron chi connectivity index (χ4n) is 2.04. The lowest BCUT2D eigenvalue weighted by atomic mass is 10.0. The molecule has 3 N–H and O–H groups in total. The van der Waals surface area contributed by atoms with Crippen LogP contribution in [0.5, 0.6) is 0 Å². The van der Waals surface area contributed by atoms with Crippen molar-refractivity contribution in [2.45, 2.75) is 6.04 Å². The SMILES string of the molecule is NC1=NC(=O)NC1c1ccc(Cl)c2cccnc12. The lowest BCUT2D eigenvalue weighted by Gasteiger charge is -2.13. The highest BCUT2D eigenvalue weighted by molar-refractivity contribution is 6.35. The molecule has 2 heterocycles. The number of amidine groups is 1. The zero-order valence-electron chi connectivity index (χ0n) is 9.22. The molecule has 1 aliphatic heterocycles. The molecule has 6 heteroatoms. The van der Waals surface area contributed by atoms with Crippen molar-refractivity contribution in [3.63, 3.8) is 0 Å². The average Bonchev–Trinajstić information content (AvgIpc) is 2.69. The summed E-state index contributed by atoms with van der Waals surface area (Å²) in [5.74, 6) is 0.245. The molecule has 90 valence electrons. The van der Waals surface area contributed by atoms with E-state index >= 15 is 0 Å². The molecule has 1 unspecified atom stereocenters. The Morgan fingerprint density at radius 2 is 2.17 bits per heavy atom. The van der Waals surface area contributed by atoms with Gasteiger partial charge in [-0.1, -0.05) is 17.7 Å². The van der Waals surface area contributed by atoms with Crippen molar-refractivity contribution in [3.8, 4) is 0 Å². The number of benzene rings is 1. The predicted octanol–water partition coefficient (Wildman–Crippen LogP) is 2.01. The standard InChI is InChI=1S/C12H9ClN4O/c13-8-4-3-7(9-6(8)2-1-5-15-9)10-11(14)17-12(18)16-10/h1-5,10H,(H3,14,16,17,18). The minimum atomic E-state index is -0.438. The maximum absolute atomic E-state index is 11.2. The summed E-state index contributed by atoms with van der Waals surface area (Å²) in [4.78, 5) is 19.2. The van der Waals surface area contributed by atoms with Crippen LogP contribution >= 0.6 is 11.6 Å². The van der Waals surface area contributed by atoms with Gasteiger partial charge in [-0.2, -0.15) is 4.99 Å². The molecule has 2 amide bonds. The van der Waals surface area contributed by atoms with Crippen molar-refractivity contribution in [1.29, 1.82) is 0 Å². The van der Waals surface area contributed by atoms with Gasteiger partial charge in [0.05, 0.1) is 5.52 Å². The fourth-order valence-corrected chi connectivity index (χ4v) is 2.26. The zero-order valence-corrected chi connectivity index (χ0v) is 9.98. The van der Waals surface area contributed by atoms with Gasteiger partial charge in [0.2, 0.25) is 0 Å². The van der Waals surface area contributed by atoms with E-state index in [1.165, 1.54) is 0 Å². The summed E-state index contributed by atoms with van der Waals surface area (Å²) in [6, 6.07) is 6.37. The van der Waals surface area contributed by atoms with Gasteiger partial charge in [0, 0.05) is 22.2 Å². The summed E-state index contributed by atoms with van der Waals surface area (Å²) >= 11 is 6.11.